The van der Waals surface area contributed by atoms with Crippen LogP contribution in [0.15, 0.2) is 48.5 Å². The molecule has 4 saturated heterocycles. The minimum Gasteiger partial charge on any atom is -0.369 e. The Morgan fingerprint density at radius 2 is 1.83 bits per heavy atom. The van der Waals surface area contributed by atoms with Gasteiger partial charge in [0.25, 0.3) is 0 Å². The zero-order valence-electron chi connectivity index (χ0n) is 29.6. The fourth-order valence-electron chi connectivity index (χ4n) is 10.2. The molecule has 5 aromatic rings. The van der Waals surface area contributed by atoms with Crippen molar-refractivity contribution in [3.05, 3.63) is 91.4 Å². The molecular formula is C42H37Cl4FN6O. The predicted molar refractivity (Wildman–Crippen MR) is 213 cm³/mol. The Kier molecular flexibility index (Phi) is 8.39. The van der Waals surface area contributed by atoms with Crippen LogP contribution in [0, 0.1) is 41.8 Å². The van der Waals surface area contributed by atoms with Crippen LogP contribution in [0.4, 0.5) is 10.1 Å². The van der Waals surface area contributed by atoms with E-state index >= 15 is 4.39 Å². The highest BCUT2D eigenvalue weighted by Crippen LogP contribution is 2.54. The zero-order chi connectivity index (χ0) is 37.2. The van der Waals surface area contributed by atoms with E-state index in [4.69, 9.17) is 51.4 Å². The van der Waals surface area contributed by atoms with Gasteiger partial charge in [0.05, 0.1) is 49.8 Å². The lowest BCUT2D eigenvalue weighted by atomic mass is 9.79. The van der Waals surface area contributed by atoms with Crippen LogP contribution in [0.5, 0.6) is 0 Å². The van der Waals surface area contributed by atoms with Gasteiger partial charge in [-0.1, -0.05) is 58.5 Å². The molecule has 2 saturated carbocycles. The molecule has 2 aromatic heterocycles. The van der Waals surface area contributed by atoms with Crippen LogP contribution in [-0.2, 0) is 11.2 Å². The average Bonchev–Trinajstić information content (AvgIpc) is 3.44. The summed E-state index contributed by atoms with van der Waals surface area (Å²) in [6, 6.07) is 17.8. The van der Waals surface area contributed by atoms with Crippen LogP contribution in [-0.4, -0.2) is 52.1 Å². The first kappa shape index (κ1) is 34.9. The van der Waals surface area contributed by atoms with Gasteiger partial charge in [0.1, 0.15) is 5.52 Å². The summed E-state index contributed by atoms with van der Waals surface area (Å²) in [5.74, 6) is 0.401. The third kappa shape index (κ3) is 5.29. The van der Waals surface area contributed by atoms with Gasteiger partial charge in [0, 0.05) is 82.9 Å². The van der Waals surface area contributed by atoms with Crippen molar-refractivity contribution in [3.63, 3.8) is 0 Å². The van der Waals surface area contributed by atoms with E-state index in [2.05, 4.69) is 31.8 Å². The maximum atomic E-state index is 17.3. The van der Waals surface area contributed by atoms with Crippen LogP contribution in [0.2, 0.25) is 20.1 Å². The number of anilines is 1. The van der Waals surface area contributed by atoms with Crippen molar-refractivity contribution in [2.75, 3.05) is 24.5 Å². The molecule has 6 heterocycles. The fraction of sp³-hybridized carbons (Fsp3) is 0.405. The number of hydrogen-bond donors (Lipinski definition) is 1. The summed E-state index contributed by atoms with van der Waals surface area (Å²) < 4.78 is 19.8. The van der Waals surface area contributed by atoms with E-state index in [1.54, 1.807) is 18.2 Å². The Bertz CT molecular complexity index is 2440. The fourth-order valence-corrected chi connectivity index (χ4v) is 10.9. The van der Waals surface area contributed by atoms with Gasteiger partial charge in [0.15, 0.2) is 5.82 Å². The highest BCUT2D eigenvalue weighted by Gasteiger charge is 2.55. The summed E-state index contributed by atoms with van der Waals surface area (Å²) in [6.07, 6.45) is 4.38. The van der Waals surface area contributed by atoms with E-state index in [0.717, 1.165) is 66.8 Å². The van der Waals surface area contributed by atoms with Crippen molar-refractivity contribution in [2.24, 2.45) is 17.8 Å². The summed E-state index contributed by atoms with van der Waals surface area (Å²) in [4.78, 5) is 24.0. The van der Waals surface area contributed by atoms with Gasteiger partial charge in [-0.05, 0) is 86.9 Å². The number of likely N-dealkylation sites (tertiary alicyclic amines) is 1. The van der Waals surface area contributed by atoms with Crippen LogP contribution in [0.25, 0.3) is 32.9 Å². The van der Waals surface area contributed by atoms with Crippen molar-refractivity contribution in [1.29, 1.82) is 5.26 Å². The third-order valence-electron chi connectivity index (χ3n) is 12.8. The minimum atomic E-state index is -0.474. The first-order valence-electron chi connectivity index (χ1n) is 18.9. The molecule has 1 amide bonds. The Balaban J connectivity index is 1.20. The number of carbonyl (C=O) groups is 1. The SMILES string of the molecule is Cc1nc2c(F)c(-c3cccc(Cl)c3Cl)c(CCC#N)cc2c2c1cc([C@H]1[C@H]3C[C@H](CN(c4ccc(Cl)c(Cl)c4)C3)N1C(=O)C1CC1)n2[C@H]1[C@H]2CN[C@@H]1C2. The summed E-state index contributed by atoms with van der Waals surface area (Å²) in [5, 5.41) is 16.7. The number of pyridine rings is 1. The maximum Gasteiger partial charge on any atom is 0.226 e. The van der Waals surface area contributed by atoms with Gasteiger partial charge < -0.3 is 19.7 Å². The van der Waals surface area contributed by atoms with Gasteiger partial charge in [-0.25, -0.2) is 9.37 Å². The number of nitriles is 1. The largest absolute Gasteiger partial charge is 0.369 e. The standard InChI is InChI=1S/C42H37Cl4FN6O/c1-20-28-16-34(40-24-12-26(52(40)42(54)21-7-8-21)19-51(18-24)25-9-10-30(43)32(45)15-25)53(39-23-14-33(39)49-17-23)41(28)29-13-22(4-3-11-48)35(37(47)38(29)50-20)27-5-2-6-31(44)36(27)46/h2,5-6,9-10,13,15-16,21,23-24,26,33,39-40,49H,3-4,7-8,12,14,17-19H2,1H3/t23-,24+,26-,33-,39+,40-/m1/s1. The number of rotatable bonds is 7. The third-order valence-corrected chi connectivity index (χ3v) is 14.3. The van der Waals surface area contributed by atoms with E-state index in [1.807, 2.05) is 31.2 Å². The second kappa shape index (κ2) is 13.0. The first-order valence-corrected chi connectivity index (χ1v) is 20.4. The molecule has 7 nitrogen and oxygen atoms in total. The first-order chi connectivity index (χ1) is 26.1. The van der Waals surface area contributed by atoms with E-state index < -0.39 is 5.82 Å². The lowest BCUT2D eigenvalue weighted by Gasteiger charge is -2.40. The molecule has 4 bridgehead atoms. The molecule has 4 aliphatic heterocycles. The predicted octanol–water partition coefficient (Wildman–Crippen LogP) is 10.1. The van der Waals surface area contributed by atoms with Gasteiger partial charge >= 0.3 is 0 Å². The van der Waals surface area contributed by atoms with Gasteiger partial charge in [-0.15, -0.1) is 0 Å². The number of halogens is 5. The molecular weight excluding hydrogens is 765 g/mol. The van der Waals surface area contributed by atoms with E-state index in [1.165, 1.54) is 0 Å². The number of benzene rings is 3. The van der Waals surface area contributed by atoms with Crippen LogP contribution in [0.3, 0.4) is 0 Å². The smallest absolute Gasteiger partial charge is 0.226 e. The minimum absolute atomic E-state index is 0.0370. The number of fused-ring (bicyclic) bond motifs is 6. The molecule has 2 aliphatic carbocycles. The molecule has 12 heteroatoms. The number of nitrogens with zero attached hydrogens (tertiary/aromatic N) is 5. The van der Waals surface area contributed by atoms with Crippen molar-refractivity contribution < 1.29 is 9.18 Å². The van der Waals surface area contributed by atoms with E-state index in [-0.39, 0.29) is 58.9 Å². The van der Waals surface area contributed by atoms with Crippen LogP contribution in [0.1, 0.15) is 61.1 Å². The molecule has 0 spiro atoms. The number of aryl methyl sites for hydroxylation is 2. The molecule has 11 rings (SSSR count). The monoisotopic (exact) mass is 800 g/mol. The molecule has 54 heavy (non-hydrogen) atoms. The molecule has 6 fully saturated rings. The normalized spacial score (nSPS) is 25.8. The zero-order valence-corrected chi connectivity index (χ0v) is 32.6. The molecule has 0 unspecified atom stereocenters. The summed E-state index contributed by atoms with van der Waals surface area (Å²) in [5.41, 5.74) is 5.52. The van der Waals surface area contributed by atoms with E-state index in [0.29, 0.717) is 56.0 Å². The average molecular weight is 803 g/mol. The van der Waals surface area contributed by atoms with Crippen molar-refractivity contribution in [1.82, 2.24) is 19.8 Å². The Labute approximate surface area is 332 Å². The number of hydrogen-bond acceptors (Lipinski definition) is 5. The molecule has 276 valence electrons. The second-order valence-corrected chi connectivity index (χ2v) is 17.5. The number of amides is 1. The van der Waals surface area contributed by atoms with Crippen molar-refractivity contribution in [3.8, 4) is 17.2 Å². The Hall–Kier alpha value is -3.58. The number of carbonyl (C=O) groups excluding carboxylic acids is 1. The van der Waals surface area contributed by atoms with Gasteiger partial charge in [-0.3, -0.25) is 4.79 Å². The topological polar surface area (TPSA) is 77.2 Å². The lowest BCUT2D eigenvalue weighted by Crippen LogP contribution is -2.45. The summed E-state index contributed by atoms with van der Waals surface area (Å²) >= 11 is 26.0. The number of nitrogens with one attached hydrogen (secondary N) is 1. The number of aromatic nitrogens is 2. The quantitative estimate of drug-likeness (QED) is 0.177. The Morgan fingerprint density at radius 1 is 1.00 bits per heavy atom. The summed E-state index contributed by atoms with van der Waals surface area (Å²) in [6.45, 7) is 4.35. The molecule has 6 atom stereocenters. The van der Waals surface area contributed by atoms with Crippen LogP contribution < -0.4 is 10.2 Å². The molecule has 0 radical (unpaired) electrons. The van der Waals surface area contributed by atoms with E-state index in [9.17, 15) is 10.1 Å². The molecule has 6 aliphatic rings. The number of piperidine rings is 1. The van der Waals surface area contributed by atoms with Crippen LogP contribution >= 0.6 is 46.4 Å². The molecule has 3 aromatic carbocycles. The maximum absolute atomic E-state index is 17.3. The molecule has 1 N–H and O–H groups in total. The Morgan fingerprint density at radius 3 is 2.56 bits per heavy atom. The lowest BCUT2D eigenvalue weighted by molar-refractivity contribution is -0.135. The van der Waals surface area contributed by atoms with Gasteiger partial charge in [-0.2, -0.15) is 5.26 Å². The summed E-state index contributed by atoms with van der Waals surface area (Å²) in [7, 11) is 0. The van der Waals surface area contributed by atoms with Crippen molar-refractivity contribution in [2.45, 2.75) is 69.6 Å². The van der Waals surface area contributed by atoms with Crippen molar-refractivity contribution >= 4 is 79.8 Å². The second-order valence-electron chi connectivity index (χ2n) is 15.9. The highest BCUT2D eigenvalue weighted by molar-refractivity contribution is 6.44. The van der Waals surface area contributed by atoms with Gasteiger partial charge in [0.2, 0.25) is 5.91 Å². The highest BCUT2D eigenvalue weighted by atomic mass is 35.5.